The first-order chi connectivity index (χ1) is 14.2. The highest BCUT2D eigenvalue weighted by Gasteiger charge is 2.10. The second-order valence-corrected chi connectivity index (χ2v) is 7.81. The summed E-state index contributed by atoms with van der Waals surface area (Å²) < 4.78 is 1.14. The molecule has 0 aliphatic rings. The number of benzene rings is 4. The molecule has 0 aromatic heterocycles. The Morgan fingerprint density at radius 1 is 0.759 bits per heavy atom. The highest BCUT2D eigenvalue weighted by Crippen LogP contribution is 2.39. The van der Waals surface area contributed by atoms with Crippen molar-refractivity contribution in [2.45, 2.75) is 13.8 Å². The molecule has 4 aromatic carbocycles. The normalized spacial score (nSPS) is 11.4. The van der Waals surface area contributed by atoms with Gasteiger partial charge in [0.05, 0.1) is 5.69 Å². The predicted octanol–water partition coefficient (Wildman–Crippen LogP) is 7.68. The second kappa shape index (κ2) is 8.71. The molecular formula is C26H25BrN2. The van der Waals surface area contributed by atoms with Crippen molar-refractivity contribution in [3.63, 3.8) is 0 Å². The van der Waals surface area contributed by atoms with Crippen LogP contribution in [0.3, 0.4) is 0 Å². The van der Waals surface area contributed by atoms with Crippen molar-refractivity contribution < 1.29 is 0 Å². The lowest BCUT2D eigenvalue weighted by atomic mass is 10.0. The van der Waals surface area contributed by atoms with Gasteiger partial charge in [0.15, 0.2) is 0 Å². The molecule has 0 atom stereocenters. The van der Waals surface area contributed by atoms with Gasteiger partial charge in [0.2, 0.25) is 0 Å². The molecule has 0 saturated carbocycles. The van der Waals surface area contributed by atoms with Crippen molar-refractivity contribution >= 4 is 54.9 Å². The molecule has 0 aliphatic carbocycles. The van der Waals surface area contributed by atoms with Crippen molar-refractivity contribution in [3.8, 4) is 0 Å². The maximum Gasteiger partial charge on any atom is 0.0539 e. The fraction of sp³-hybridized carbons (Fsp3) is 0.154. The van der Waals surface area contributed by atoms with E-state index < -0.39 is 0 Å². The number of nitrogens with one attached hydrogen (secondary N) is 1. The summed E-state index contributed by atoms with van der Waals surface area (Å²) in [6.07, 6.45) is 4.16. The van der Waals surface area contributed by atoms with E-state index in [-0.39, 0.29) is 0 Å². The van der Waals surface area contributed by atoms with Gasteiger partial charge in [0.25, 0.3) is 0 Å². The summed E-state index contributed by atoms with van der Waals surface area (Å²) in [5, 5.41) is 8.40. The zero-order valence-corrected chi connectivity index (χ0v) is 18.4. The van der Waals surface area contributed by atoms with Crippen LogP contribution >= 0.6 is 15.9 Å². The lowest BCUT2D eigenvalue weighted by molar-refractivity contribution is 0.866. The third-order valence-corrected chi connectivity index (χ3v) is 6.25. The van der Waals surface area contributed by atoms with Crippen LogP contribution in [0.2, 0.25) is 0 Å². The maximum absolute atomic E-state index is 3.80. The number of rotatable bonds is 6. The van der Waals surface area contributed by atoms with Gasteiger partial charge in [0, 0.05) is 40.2 Å². The first-order valence-corrected chi connectivity index (χ1v) is 10.9. The Morgan fingerprint density at radius 3 is 1.79 bits per heavy atom. The Hall–Kier alpha value is -2.78. The van der Waals surface area contributed by atoms with Crippen LogP contribution in [-0.2, 0) is 0 Å². The van der Waals surface area contributed by atoms with E-state index in [1.54, 1.807) is 0 Å². The zero-order valence-electron chi connectivity index (χ0n) is 16.8. The quantitative estimate of drug-likeness (QED) is 0.306. The van der Waals surface area contributed by atoms with Gasteiger partial charge in [-0.1, -0.05) is 60.7 Å². The molecule has 0 bridgehead atoms. The number of anilines is 2. The van der Waals surface area contributed by atoms with Crippen LogP contribution in [0.4, 0.5) is 11.4 Å². The molecule has 0 radical (unpaired) electrons. The van der Waals surface area contributed by atoms with E-state index in [1.165, 1.54) is 32.8 Å². The van der Waals surface area contributed by atoms with E-state index >= 15 is 0 Å². The molecule has 0 amide bonds. The molecule has 0 spiro atoms. The van der Waals surface area contributed by atoms with Gasteiger partial charge < -0.3 is 10.2 Å². The third kappa shape index (κ3) is 3.88. The van der Waals surface area contributed by atoms with Gasteiger partial charge >= 0.3 is 0 Å². The SMILES string of the molecule is CCN(CC)c1ccc(/C=C/Nc2c3ccccc3c(Br)c3ccccc23)cc1. The molecule has 1 N–H and O–H groups in total. The molecular weight excluding hydrogens is 420 g/mol. The van der Waals surface area contributed by atoms with Crippen LogP contribution in [0.5, 0.6) is 0 Å². The average Bonchev–Trinajstić information content (AvgIpc) is 2.78. The molecule has 0 aliphatic heterocycles. The molecule has 4 rings (SSSR count). The first kappa shape index (κ1) is 19.5. The van der Waals surface area contributed by atoms with Crippen molar-refractivity contribution in [2.24, 2.45) is 0 Å². The van der Waals surface area contributed by atoms with E-state index in [0.29, 0.717) is 0 Å². The Kier molecular flexibility index (Phi) is 5.86. The number of halogens is 1. The summed E-state index contributed by atoms with van der Waals surface area (Å²) in [4.78, 5) is 2.35. The van der Waals surface area contributed by atoms with E-state index in [2.05, 4.69) is 119 Å². The van der Waals surface area contributed by atoms with Gasteiger partial charge in [0.1, 0.15) is 0 Å². The molecule has 29 heavy (non-hydrogen) atoms. The topological polar surface area (TPSA) is 15.3 Å². The minimum absolute atomic E-state index is 1.02. The number of fused-ring (bicyclic) bond motifs is 2. The summed E-state index contributed by atoms with van der Waals surface area (Å²) in [5.41, 5.74) is 3.58. The highest BCUT2D eigenvalue weighted by atomic mass is 79.9. The Labute approximate surface area is 181 Å². The van der Waals surface area contributed by atoms with E-state index in [9.17, 15) is 0 Å². The van der Waals surface area contributed by atoms with Crippen molar-refractivity contribution in [2.75, 3.05) is 23.3 Å². The van der Waals surface area contributed by atoms with Gasteiger partial charge in [-0.05, 0) is 64.3 Å². The fourth-order valence-electron chi connectivity index (χ4n) is 3.84. The molecule has 3 heteroatoms. The Balaban J connectivity index is 1.67. The van der Waals surface area contributed by atoms with Gasteiger partial charge in [-0.2, -0.15) is 0 Å². The summed E-state index contributed by atoms with van der Waals surface area (Å²) in [5.74, 6) is 0. The predicted molar refractivity (Wildman–Crippen MR) is 132 cm³/mol. The standard InChI is InChI=1S/C26H25BrN2/c1-3-29(4-2)20-15-13-19(14-16-20)17-18-28-26-23-11-7-5-9-21(23)25(27)22-10-6-8-12-24(22)26/h5-18,28H,3-4H2,1-2H3/b18-17+. The van der Waals surface area contributed by atoms with E-state index in [0.717, 1.165) is 23.2 Å². The highest BCUT2D eigenvalue weighted by molar-refractivity contribution is 9.10. The lowest BCUT2D eigenvalue weighted by Crippen LogP contribution is -2.21. The van der Waals surface area contributed by atoms with Crippen molar-refractivity contribution in [1.29, 1.82) is 0 Å². The average molecular weight is 445 g/mol. The maximum atomic E-state index is 3.80. The molecule has 0 unspecified atom stereocenters. The molecule has 146 valence electrons. The largest absolute Gasteiger partial charge is 0.372 e. The molecule has 0 heterocycles. The van der Waals surface area contributed by atoms with Gasteiger partial charge in [-0.3, -0.25) is 0 Å². The minimum Gasteiger partial charge on any atom is -0.372 e. The van der Waals surface area contributed by atoms with E-state index in [4.69, 9.17) is 0 Å². The van der Waals surface area contributed by atoms with Crippen LogP contribution in [0.1, 0.15) is 19.4 Å². The van der Waals surface area contributed by atoms with Crippen LogP contribution in [0, 0.1) is 0 Å². The molecule has 0 fully saturated rings. The summed E-state index contributed by atoms with van der Waals surface area (Å²) >= 11 is 3.80. The van der Waals surface area contributed by atoms with E-state index in [1.807, 2.05) is 6.20 Å². The van der Waals surface area contributed by atoms with Gasteiger partial charge in [-0.25, -0.2) is 0 Å². The fourth-order valence-corrected chi connectivity index (χ4v) is 4.53. The van der Waals surface area contributed by atoms with Crippen LogP contribution in [-0.4, -0.2) is 13.1 Å². The van der Waals surface area contributed by atoms with Crippen LogP contribution < -0.4 is 10.2 Å². The minimum atomic E-state index is 1.02. The summed E-state index contributed by atoms with van der Waals surface area (Å²) in [6.45, 7) is 6.43. The molecule has 0 saturated heterocycles. The lowest BCUT2D eigenvalue weighted by Gasteiger charge is -2.20. The molecule has 4 aromatic rings. The van der Waals surface area contributed by atoms with Crippen molar-refractivity contribution in [3.05, 3.63) is 89.0 Å². The zero-order chi connectivity index (χ0) is 20.2. The second-order valence-electron chi connectivity index (χ2n) is 7.02. The first-order valence-electron chi connectivity index (χ1n) is 10.1. The summed E-state index contributed by atoms with van der Waals surface area (Å²) in [7, 11) is 0. The van der Waals surface area contributed by atoms with Crippen LogP contribution in [0.15, 0.2) is 83.5 Å². The number of hydrogen-bond acceptors (Lipinski definition) is 2. The smallest absolute Gasteiger partial charge is 0.0539 e. The van der Waals surface area contributed by atoms with Gasteiger partial charge in [-0.15, -0.1) is 0 Å². The number of nitrogens with zero attached hydrogens (tertiary/aromatic N) is 1. The van der Waals surface area contributed by atoms with Crippen molar-refractivity contribution in [1.82, 2.24) is 0 Å². The Morgan fingerprint density at radius 2 is 1.28 bits per heavy atom. The number of hydrogen-bond donors (Lipinski definition) is 1. The molecule has 2 nitrogen and oxygen atoms in total. The monoisotopic (exact) mass is 444 g/mol. The Bertz CT molecular complexity index is 1100. The van der Waals surface area contributed by atoms with Crippen LogP contribution in [0.25, 0.3) is 27.6 Å². The third-order valence-electron chi connectivity index (χ3n) is 5.39. The summed E-state index contributed by atoms with van der Waals surface area (Å²) in [6, 6.07) is 25.7.